The van der Waals surface area contributed by atoms with E-state index in [1.807, 2.05) is 18.2 Å². The average molecular weight is 339 g/mol. The van der Waals surface area contributed by atoms with Crippen LogP contribution in [0.2, 0.25) is 0 Å². The van der Waals surface area contributed by atoms with Gasteiger partial charge in [-0.05, 0) is 37.2 Å². The quantitative estimate of drug-likeness (QED) is 0.880. The van der Waals surface area contributed by atoms with Crippen LogP contribution in [-0.2, 0) is 19.5 Å². The minimum absolute atomic E-state index is 0.0854. The largest absolute Gasteiger partial charge is 0.331 e. The van der Waals surface area contributed by atoms with Crippen LogP contribution in [-0.4, -0.2) is 20.8 Å². The summed E-state index contributed by atoms with van der Waals surface area (Å²) in [5, 5.41) is 14.6. The number of rotatable bonds is 5. The number of nitrogens with one attached hydrogen (secondary N) is 2. The third kappa shape index (κ3) is 3.52. The van der Waals surface area contributed by atoms with Gasteiger partial charge in [-0.25, -0.2) is 4.79 Å². The molecule has 1 unspecified atom stereocenters. The molecule has 4 rings (SSSR count). The van der Waals surface area contributed by atoms with Gasteiger partial charge >= 0.3 is 6.03 Å². The summed E-state index contributed by atoms with van der Waals surface area (Å²) >= 11 is 0. The van der Waals surface area contributed by atoms with E-state index >= 15 is 0 Å². The van der Waals surface area contributed by atoms with Crippen molar-refractivity contribution in [3.8, 4) is 0 Å². The van der Waals surface area contributed by atoms with Gasteiger partial charge in [0.25, 0.3) is 0 Å². The van der Waals surface area contributed by atoms with Crippen molar-refractivity contribution in [1.29, 1.82) is 0 Å². The number of nitrogens with zero attached hydrogens (tertiary/aromatic N) is 3. The molecular weight excluding hydrogens is 314 g/mol. The number of fused-ring (bicyclic) bond motifs is 1. The highest BCUT2D eigenvalue weighted by Crippen LogP contribution is 2.37. The molecule has 1 aromatic heterocycles. The molecule has 0 bridgehead atoms. The second-order valence-electron chi connectivity index (χ2n) is 7.05. The molecule has 1 aliphatic carbocycles. The Morgan fingerprint density at radius 2 is 2.00 bits per heavy atom. The lowest BCUT2D eigenvalue weighted by Gasteiger charge is -2.34. The fourth-order valence-electron chi connectivity index (χ4n) is 3.76. The standard InChI is InChI=1S/C19H25N5O/c25-19(20-13-17-23-22-16-11-4-5-12-24(16)17)21-18(15-9-6-10-15)14-7-2-1-3-8-14/h1-3,7-8,15,18H,4-6,9-13H2,(H2,20,21,25). The van der Waals surface area contributed by atoms with Gasteiger partial charge in [0.1, 0.15) is 5.82 Å². The Morgan fingerprint density at radius 3 is 2.76 bits per heavy atom. The lowest BCUT2D eigenvalue weighted by molar-refractivity contribution is 0.207. The number of aryl methyl sites for hydroxylation is 1. The van der Waals surface area contributed by atoms with Gasteiger partial charge in [0.05, 0.1) is 12.6 Å². The average Bonchev–Trinajstić information content (AvgIpc) is 3.02. The predicted octanol–water partition coefficient (Wildman–Crippen LogP) is 2.96. The van der Waals surface area contributed by atoms with E-state index in [1.165, 1.54) is 31.2 Å². The first-order valence-electron chi connectivity index (χ1n) is 9.31. The van der Waals surface area contributed by atoms with Crippen molar-refractivity contribution >= 4 is 6.03 Å². The molecule has 2 N–H and O–H groups in total. The van der Waals surface area contributed by atoms with Crippen LogP contribution in [0.4, 0.5) is 4.79 Å². The Hall–Kier alpha value is -2.37. The van der Waals surface area contributed by atoms with Crippen molar-refractivity contribution in [2.75, 3.05) is 0 Å². The SMILES string of the molecule is O=C(NCc1nnc2n1CCCC2)NC(c1ccccc1)C1CCC1. The molecule has 1 aliphatic heterocycles. The monoisotopic (exact) mass is 339 g/mol. The highest BCUT2D eigenvalue weighted by molar-refractivity contribution is 5.74. The number of hydrogen-bond donors (Lipinski definition) is 2. The first-order chi connectivity index (χ1) is 12.3. The predicted molar refractivity (Wildman–Crippen MR) is 94.9 cm³/mol. The Bertz CT molecular complexity index is 723. The maximum Gasteiger partial charge on any atom is 0.315 e. The minimum Gasteiger partial charge on any atom is -0.331 e. The van der Waals surface area contributed by atoms with E-state index in [4.69, 9.17) is 0 Å². The summed E-state index contributed by atoms with van der Waals surface area (Å²) in [6, 6.07) is 10.2. The zero-order chi connectivity index (χ0) is 17.1. The molecule has 6 heteroatoms. The summed E-state index contributed by atoms with van der Waals surface area (Å²) in [6.45, 7) is 1.38. The van der Waals surface area contributed by atoms with E-state index in [1.54, 1.807) is 0 Å². The number of amides is 2. The molecule has 0 radical (unpaired) electrons. The number of aromatic nitrogens is 3. The van der Waals surface area contributed by atoms with Crippen molar-refractivity contribution in [2.24, 2.45) is 5.92 Å². The van der Waals surface area contributed by atoms with Crippen LogP contribution < -0.4 is 10.6 Å². The lowest BCUT2D eigenvalue weighted by atomic mass is 9.77. The molecule has 1 saturated carbocycles. The van der Waals surface area contributed by atoms with Crippen LogP contribution in [0, 0.1) is 5.92 Å². The van der Waals surface area contributed by atoms with E-state index in [0.717, 1.165) is 31.0 Å². The summed E-state index contributed by atoms with van der Waals surface area (Å²) in [5.74, 6) is 2.43. The molecule has 25 heavy (non-hydrogen) atoms. The van der Waals surface area contributed by atoms with Gasteiger partial charge in [-0.3, -0.25) is 0 Å². The minimum atomic E-state index is -0.131. The number of benzene rings is 1. The Balaban J connectivity index is 1.38. The molecule has 2 aliphatic rings. The van der Waals surface area contributed by atoms with Crippen LogP contribution in [0.1, 0.15) is 55.4 Å². The molecule has 132 valence electrons. The smallest absolute Gasteiger partial charge is 0.315 e. The van der Waals surface area contributed by atoms with Crippen molar-refractivity contribution in [2.45, 2.75) is 57.7 Å². The molecule has 2 heterocycles. The molecule has 0 saturated heterocycles. The van der Waals surface area contributed by atoms with Crippen LogP contribution in [0.15, 0.2) is 30.3 Å². The van der Waals surface area contributed by atoms with E-state index in [-0.39, 0.29) is 12.1 Å². The van der Waals surface area contributed by atoms with E-state index in [2.05, 4.69) is 37.5 Å². The van der Waals surface area contributed by atoms with Gasteiger partial charge in [-0.2, -0.15) is 0 Å². The summed E-state index contributed by atoms with van der Waals surface area (Å²) in [7, 11) is 0. The highest BCUT2D eigenvalue weighted by atomic mass is 16.2. The highest BCUT2D eigenvalue weighted by Gasteiger charge is 2.29. The van der Waals surface area contributed by atoms with E-state index in [9.17, 15) is 4.79 Å². The maximum absolute atomic E-state index is 12.5. The topological polar surface area (TPSA) is 71.8 Å². The van der Waals surface area contributed by atoms with E-state index in [0.29, 0.717) is 12.5 Å². The van der Waals surface area contributed by atoms with E-state index < -0.39 is 0 Å². The third-order valence-electron chi connectivity index (χ3n) is 5.41. The number of carbonyl (C=O) groups is 1. The molecule has 6 nitrogen and oxygen atoms in total. The zero-order valence-corrected chi connectivity index (χ0v) is 14.4. The first kappa shape index (κ1) is 16.1. The molecule has 2 aromatic rings. The summed E-state index contributed by atoms with van der Waals surface area (Å²) in [6.07, 6.45) is 6.92. The lowest BCUT2D eigenvalue weighted by Crippen LogP contribution is -2.42. The molecule has 1 fully saturated rings. The second kappa shape index (κ2) is 7.25. The zero-order valence-electron chi connectivity index (χ0n) is 14.4. The molecule has 0 spiro atoms. The normalized spacial score (nSPS) is 18.1. The Morgan fingerprint density at radius 1 is 1.16 bits per heavy atom. The van der Waals surface area contributed by atoms with Gasteiger partial charge in [0, 0.05) is 13.0 Å². The van der Waals surface area contributed by atoms with Gasteiger partial charge in [-0.15, -0.1) is 10.2 Å². The van der Waals surface area contributed by atoms with Crippen molar-refractivity contribution < 1.29 is 4.79 Å². The number of urea groups is 1. The Labute approximate surface area is 148 Å². The van der Waals surface area contributed by atoms with Gasteiger partial charge in [0.2, 0.25) is 0 Å². The van der Waals surface area contributed by atoms with Crippen LogP contribution >= 0.6 is 0 Å². The number of hydrogen-bond acceptors (Lipinski definition) is 3. The fraction of sp³-hybridized carbons (Fsp3) is 0.526. The number of carbonyl (C=O) groups excluding carboxylic acids is 1. The molecule has 1 aromatic carbocycles. The summed E-state index contributed by atoms with van der Waals surface area (Å²) in [5.41, 5.74) is 1.18. The van der Waals surface area contributed by atoms with Crippen LogP contribution in [0.25, 0.3) is 0 Å². The Kier molecular flexibility index (Phi) is 4.68. The van der Waals surface area contributed by atoms with Gasteiger partial charge in [0.15, 0.2) is 5.82 Å². The van der Waals surface area contributed by atoms with Crippen molar-refractivity contribution in [1.82, 2.24) is 25.4 Å². The van der Waals surface area contributed by atoms with Crippen LogP contribution in [0.5, 0.6) is 0 Å². The van der Waals surface area contributed by atoms with Crippen LogP contribution in [0.3, 0.4) is 0 Å². The molecular formula is C19H25N5O. The van der Waals surface area contributed by atoms with Gasteiger partial charge in [-0.1, -0.05) is 36.8 Å². The molecule has 2 amide bonds. The third-order valence-corrected chi connectivity index (χ3v) is 5.41. The first-order valence-corrected chi connectivity index (χ1v) is 9.31. The summed E-state index contributed by atoms with van der Waals surface area (Å²) < 4.78 is 2.14. The molecule has 1 atom stereocenters. The van der Waals surface area contributed by atoms with Gasteiger partial charge < -0.3 is 15.2 Å². The summed E-state index contributed by atoms with van der Waals surface area (Å²) in [4.78, 5) is 12.5. The van der Waals surface area contributed by atoms with Crippen molar-refractivity contribution in [3.63, 3.8) is 0 Å². The fourth-order valence-corrected chi connectivity index (χ4v) is 3.76. The van der Waals surface area contributed by atoms with Crippen molar-refractivity contribution in [3.05, 3.63) is 47.5 Å². The maximum atomic E-state index is 12.5. The second-order valence-corrected chi connectivity index (χ2v) is 7.05.